The van der Waals surface area contributed by atoms with Gasteiger partial charge in [-0.25, -0.2) is 14.7 Å². The van der Waals surface area contributed by atoms with Crippen LogP contribution in [-0.2, 0) is 17.9 Å². The molecule has 8 nitrogen and oxygen atoms in total. The fourth-order valence-corrected chi connectivity index (χ4v) is 2.99. The fourth-order valence-electron chi connectivity index (χ4n) is 2.99. The van der Waals surface area contributed by atoms with Crippen LogP contribution in [0.4, 0.5) is 0 Å². The van der Waals surface area contributed by atoms with Crippen LogP contribution in [0, 0.1) is 6.92 Å². The average Bonchev–Trinajstić information content (AvgIpc) is 3.05. The highest BCUT2D eigenvalue weighted by molar-refractivity contribution is 5.86. The van der Waals surface area contributed by atoms with Gasteiger partial charge in [0.05, 0.1) is 19.1 Å². The molecule has 0 saturated carbocycles. The van der Waals surface area contributed by atoms with E-state index in [0.717, 1.165) is 36.6 Å². The van der Waals surface area contributed by atoms with E-state index in [0.29, 0.717) is 12.5 Å². The standard InChI is InChI=1S/C19H27N7O/c1-14-22-18-16(10-7-11-26(18)24-14)23-19(21-13-17(27)25(2)3)20-12-15-8-5-4-6-9-15/h4-6,8-9,16H,7,10-13H2,1-3H3,(H2,20,21,23). The second-order valence-corrected chi connectivity index (χ2v) is 6.87. The summed E-state index contributed by atoms with van der Waals surface area (Å²) in [6, 6.07) is 10.1. The third-order valence-corrected chi connectivity index (χ3v) is 4.46. The Kier molecular flexibility index (Phi) is 6.05. The van der Waals surface area contributed by atoms with Gasteiger partial charge in [0.15, 0.2) is 5.96 Å². The number of likely N-dealkylation sites (N-methyl/N-ethyl adjacent to an activating group) is 1. The van der Waals surface area contributed by atoms with Crippen molar-refractivity contribution < 1.29 is 4.79 Å². The molecule has 2 N–H and O–H groups in total. The Balaban J connectivity index is 1.74. The van der Waals surface area contributed by atoms with E-state index in [1.165, 1.54) is 0 Å². The number of hydrogen-bond acceptors (Lipinski definition) is 4. The Morgan fingerprint density at radius 2 is 2.11 bits per heavy atom. The number of aryl methyl sites for hydroxylation is 2. The Morgan fingerprint density at radius 3 is 2.85 bits per heavy atom. The molecule has 0 saturated heterocycles. The number of rotatable bonds is 5. The van der Waals surface area contributed by atoms with E-state index in [4.69, 9.17) is 0 Å². The topological polar surface area (TPSA) is 87.4 Å². The molecule has 1 atom stereocenters. The number of hydrogen-bond donors (Lipinski definition) is 2. The Bertz CT molecular complexity index is 798. The van der Waals surface area contributed by atoms with Crippen molar-refractivity contribution in [3.05, 3.63) is 47.5 Å². The van der Waals surface area contributed by atoms with E-state index in [2.05, 4.69) is 25.7 Å². The zero-order chi connectivity index (χ0) is 19.2. The lowest BCUT2D eigenvalue weighted by Crippen LogP contribution is -2.45. The summed E-state index contributed by atoms with van der Waals surface area (Å²) in [5.41, 5.74) is 1.11. The van der Waals surface area contributed by atoms with Crippen LogP contribution in [0.15, 0.2) is 35.3 Å². The highest BCUT2D eigenvalue weighted by Gasteiger charge is 2.24. The Morgan fingerprint density at radius 1 is 1.33 bits per heavy atom. The third kappa shape index (κ3) is 5.06. The summed E-state index contributed by atoms with van der Waals surface area (Å²) < 4.78 is 1.95. The monoisotopic (exact) mass is 369 g/mol. The minimum Gasteiger partial charge on any atom is -0.347 e. The molecule has 1 aromatic carbocycles. The maximum atomic E-state index is 12.0. The van der Waals surface area contributed by atoms with E-state index < -0.39 is 0 Å². The van der Waals surface area contributed by atoms with Gasteiger partial charge in [-0.15, -0.1) is 0 Å². The second kappa shape index (κ2) is 8.66. The highest BCUT2D eigenvalue weighted by atomic mass is 16.2. The first kappa shape index (κ1) is 18.9. The molecule has 0 fully saturated rings. The van der Waals surface area contributed by atoms with Gasteiger partial charge in [-0.1, -0.05) is 30.3 Å². The summed E-state index contributed by atoms with van der Waals surface area (Å²) in [6.07, 6.45) is 1.97. The minimum absolute atomic E-state index is 0.00753. The molecule has 0 radical (unpaired) electrons. The van der Waals surface area contributed by atoms with Gasteiger partial charge in [0.25, 0.3) is 0 Å². The van der Waals surface area contributed by atoms with Gasteiger partial charge in [0, 0.05) is 20.6 Å². The second-order valence-electron chi connectivity index (χ2n) is 6.87. The van der Waals surface area contributed by atoms with Crippen molar-refractivity contribution in [3.8, 4) is 0 Å². The first-order valence-electron chi connectivity index (χ1n) is 9.23. The summed E-state index contributed by atoms with van der Waals surface area (Å²) in [5, 5.41) is 11.0. The van der Waals surface area contributed by atoms with Crippen molar-refractivity contribution >= 4 is 11.9 Å². The maximum absolute atomic E-state index is 12.0. The van der Waals surface area contributed by atoms with E-state index in [1.54, 1.807) is 19.0 Å². The molecule has 1 aromatic heterocycles. The molecule has 1 amide bonds. The number of nitrogens with zero attached hydrogens (tertiary/aromatic N) is 5. The number of amides is 1. The minimum atomic E-state index is -0.00753. The van der Waals surface area contributed by atoms with Gasteiger partial charge < -0.3 is 15.5 Å². The van der Waals surface area contributed by atoms with Gasteiger partial charge in [0.1, 0.15) is 11.6 Å². The van der Waals surface area contributed by atoms with Crippen molar-refractivity contribution in [1.29, 1.82) is 0 Å². The summed E-state index contributed by atoms with van der Waals surface area (Å²) in [7, 11) is 3.48. The van der Waals surface area contributed by atoms with E-state index >= 15 is 0 Å². The van der Waals surface area contributed by atoms with E-state index in [-0.39, 0.29) is 18.5 Å². The number of aromatic nitrogens is 3. The normalized spacial score (nSPS) is 16.6. The van der Waals surface area contributed by atoms with Crippen LogP contribution in [0.3, 0.4) is 0 Å². The van der Waals surface area contributed by atoms with Gasteiger partial charge in [-0.05, 0) is 25.3 Å². The number of nitrogens with one attached hydrogen (secondary N) is 2. The molecule has 0 bridgehead atoms. The van der Waals surface area contributed by atoms with Crippen LogP contribution in [0.1, 0.15) is 36.1 Å². The van der Waals surface area contributed by atoms with E-state index in [1.807, 2.05) is 41.9 Å². The number of fused-ring (bicyclic) bond motifs is 1. The van der Waals surface area contributed by atoms with Crippen LogP contribution >= 0.6 is 0 Å². The third-order valence-electron chi connectivity index (χ3n) is 4.46. The van der Waals surface area contributed by atoms with Crippen LogP contribution < -0.4 is 10.6 Å². The summed E-state index contributed by atoms with van der Waals surface area (Å²) in [6.45, 7) is 3.51. The molecule has 0 spiro atoms. The molecular weight excluding hydrogens is 342 g/mol. The van der Waals surface area contributed by atoms with Crippen molar-refractivity contribution in [2.24, 2.45) is 4.99 Å². The summed E-state index contributed by atoms with van der Waals surface area (Å²) in [5.74, 6) is 2.30. The zero-order valence-electron chi connectivity index (χ0n) is 16.1. The lowest BCUT2D eigenvalue weighted by atomic mass is 10.1. The molecule has 0 aliphatic carbocycles. The quantitative estimate of drug-likeness (QED) is 0.612. The lowest BCUT2D eigenvalue weighted by Gasteiger charge is -2.25. The number of benzene rings is 1. The predicted octanol–water partition coefficient (Wildman–Crippen LogP) is 1.25. The van der Waals surface area contributed by atoms with Gasteiger partial charge in [-0.3, -0.25) is 4.79 Å². The highest BCUT2D eigenvalue weighted by Crippen LogP contribution is 2.22. The number of guanidine groups is 1. The van der Waals surface area contributed by atoms with Crippen molar-refractivity contribution in [3.63, 3.8) is 0 Å². The van der Waals surface area contributed by atoms with Crippen LogP contribution in [0.5, 0.6) is 0 Å². The molecule has 8 heteroatoms. The van der Waals surface area contributed by atoms with Crippen molar-refractivity contribution in [1.82, 2.24) is 30.3 Å². The molecule has 2 aromatic rings. The molecule has 2 heterocycles. The van der Waals surface area contributed by atoms with Gasteiger partial charge in [-0.2, -0.15) is 5.10 Å². The molecule has 1 aliphatic heterocycles. The fraction of sp³-hybridized carbons (Fsp3) is 0.474. The first-order chi connectivity index (χ1) is 13.0. The summed E-state index contributed by atoms with van der Waals surface area (Å²) in [4.78, 5) is 22.8. The molecule has 1 unspecified atom stereocenters. The molecule has 144 valence electrons. The molecular formula is C19H27N7O. The van der Waals surface area contributed by atoms with E-state index in [9.17, 15) is 4.79 Å². The number of carbonyl (C=O) groups excluding carboxylic acids is 1. The van der Waals surface area contributed by atoms with Crippen molar-refractivity contribution in [2.45, 2.75) is 38.9 Å². The Labute approximate surface area is 159 Å². The van der Waals surface area contributed by atoms with Crippen LogP contribution in [-0.4, -0.2) is 52.2 Å². The summed E-state index contributed by atoms with van der Waals surface area (Å²) >= 11 is 0. The van der Waals surface area contributed by atoms with Crippen LogP contribution in [0.2, 0.25) is 0 Å². The molecule has 3 rings (SSSR count). The van der Waals surface area contributed by atoms with Crippen LogP contribution in [0.25, 0.3) is 0 Å². The predicted molar refractivity (Wildman–Crippen MR) is 104 cm³/mol. The van der Waals surface area contributed by atoms with Gasteiger partial charge in [0.2, 0.25) is 5.91 Å². The van der Waals surface area contributed by atoms with Crippen molar-refractivity contribution in [2.75, 3.05) is 20.6 Å². The number of carbonyl (C=O) groups is 1. The lowest BCUT2D eigenvalue weighted by molar-refractivity contribution is -0.127. The smallest absolute Gasteiger partial charge is 0.241 e. The Hall–Kier alpha value is -2.90. The molecule has 1 aliphatic rings. The average molecular weight is 369 g/mol. The largest absolute Gasteiger partial charge is 0.347 e. The van der Waals surface area contributed by atoms with Gasteiger partial charge >= 0.3 is 0 Å². The molecule has 27 heavy (non-hydrogen) atoms. The number of aliphatic imine (C=N–C) groups is 1. The SMILES string of the molecule is Cc1nc2n(n1)CCCC2NC(=NCc1ccccc1)NCC(=O)N(C)C. The maximum Gasteiger partial charge on any atom is 0.241 e. The first-order valence-corrected chi connectivity index (χ1v) is 9.23. The zero-order valence-corrected chi connectivity index (χ0v) is 16.1.